The summed E-state index contributed by atoms with van der Waals surface area (Å²) in [4.78, 5) is 9.26. The second kappa shape index (κ2) is 8.20. The van der Waals surface area contributed by atoms with Crippen molar-refractivity contribution in [3.8, 4) is 11.6 Å². The Morgan fingerprint density at radius 1 is 0.966 bits per heavy atom. The number of sulfonamides is 1. The monoisotopic (exact) mass is 428 g/mol. The molecule has 148 valence electrons. The molecule has 29 heavy (non-hydrogen) atoms. The fourth-order valence-corrected chi connectivity index (χ4v) is 4.02. The van der Waals surface area contributed by atoms with Crippen LogP contribution >= 0.6 is 11.6 Å². The highest BCUT2D eigenvalue weighted by molar-refractivity contribution is 7.89. The summed E-state index contributed by atoms with van der Waals surface area (Å²) in [7, 11) is -3.56. The maximum absolute atomic E-state index is 12.3. The van der Waals surface area contributed by atoms with E-state index in [4.69, 9.17) is 16.0 Å². The Bertz CT molecular complexity index is 1230. The molecule has 2 aromatic carbocycles. The fraction of sp³-hybridized carbons (Fsp3) is 0.100. The highest BCUT2D eigenvalue weighted by Gasteiger charge is 2.14. The van der Waals surface area contributed by atoms with E-state index in [2.05, 4.69) is 20.0 Å². The quantitative estimate of drug-likeness (QED) is 0.433. The first-order chi connectivity index (χ1) is 14.0. The maximum atomic E-state index is 12.3. The Morgan fingerprint density at radius 2 is 1.79 bits per heavy atom. The van der Waals surface area contributed by atoms with Gasteiger partial charge in [0.1, 0.15) is 5.82 Å². The molecule has 0 spiro atoms. The van der Waals surface area contributed by atoms with Gasteiger partial charge in [0.2, 0.25) is 10.0 Å². The summed E-state index contributed by atoms with van der Waals surface area (Å²) in [5.41, 5.74) is 0.659. The van der Waals surface area contributed by atoms with Gasteiger partial charge in [-0.3, -0.25) is 0 Å². The third-order valence-electron chi connectivity index (χ3n) is 4.16. The maximum Gasteiger partial charge on any atom is 0.240 e. The number of rotatable bonds is 7. The van der Waals surface area contributed by atoms with E-state index in [0.29, 0.717) is 34.5 Å². The Balaban J connectivity index is 1.53. The van der Waals surface area contributed by atoms with Gasteiger partial charge in [0.05, 0.1) is 16.7 Å². The number of hydrogen-bond acceptors (Lipinski definition) is 6. The van der Waals surface area contributed by atoms with Crippen LogP contribution in [-0.4, -0.2) is 31.5 Å². The molecule has 7 nitrogen and oxygen atoms in total. The van der Waals surface area contributed by atoms with E-state index in [-0.39, 0.29) is 11.4 Å². The number of nitrogens with one attached hydrogen (secondary N) is 2. The number of anilines is 1. The molecule has 0 saturated heterocycles. The predicted molar refractivity (Wildman–Crippen MR) is 112 cm³/mol. The first-order valence-corrected chi connectivity index (χ1v) is 10.7. The second-order valence-electron chi connectivity index (χ2n) is 6.17. The molecule has 0 aliphatic rings. The van der Waals surface area contributed by atoms with Crippen molar-refractivity contribution < 1.29 is 12.8 Å². The molecule has 4 aromatic rings. The summed E-state index contributed by atoms with van der Waals surface area (Å²) in [6.45, 7) is 0.519. The van der Waals surface area contributed by atoms with Gasteiger partial charge >= 0.3 is 0 Å². The molecule has 4 rings (SSSR count). The van der Waals surface area contributed by atoms with E-state index in [1.54, 1.807) is 60.9 Å². The number of nitrogens with zero attached hydrogens (tertiary/aromatic N) is 2. The van der Waals surface area contributed by atoms with Crippen LogP contribution in [0.2, 0.25) is 5.02 Å². The first kappa shape index (κ1) is 19.4. The minimum Gasteiger partial charge on any atom is -0.461 e. The van der Waals surface area contributed by atoms with Crippen LogP contribution in [-0.2, 0) is 10.0 Å². The number of benzene rings is 2. The van der Waals surface area contributed by atoms with Crippen LogP contribution in [0.5, 0.6) is 0 Å². The van der Waals surface area contributed by atoms with Crippen molar-refractivity contribution >= 4 is 38.3 Å². The molecular weight excluding hydrogens is 412 g/mol. The minimum atomic E-state index is -3.56. The van der Waals surface area contributed by atoms with Gasteiger partial charge < -0.3 is 9.73 Å². The van der Waals surface area contributed by atoms with Gasteiger partial charge in [-0.2, -0.15) is 0 Å². The van der Waals surface area contributed by atoms with Gasteiger partial charge in [-0.25, -0.2) is 23.1 Å². The lowest BCUT2D eigenvalue weighted by Crippen LogP contribution is -2.29. The van der Waals surface area contributed by atoms with Crippen molar-refractivity contribution in [1.29, 1.82) is 0 Å². The molecule has 0 unspecified atom stereocenters. The van der Waals surface area contributed by atoms with Gasteiger partial charge in [0, 0.05) is 23.5 Å². The largest absolute Gasteiger partial charge is 0.461 e. The average Bonchev–Trinajstić information content (AvgIpc) is 3.26. The number of hydrogen-bond donors (Lipinski definition) is 2. The van der Waals surface area contributed by atoms with E-state index in [0.717, 1.165) is 5.39 Å². The molecule has 9 heteroatoms. The molecule has 0 radical (unpaired) electrons. The van der Waals surface area contributed by atoms with Gasteiger partial charge in [0.25, 0.3) is 0 Å². The molecule has 0 atom stereocenters. The van der Waals surface area contributed by atoms with Gasteiger partial charge in [0.15, 0.2) is 11.6 Å². The fourth-order valence-electron chi connectivity index (χ4n) is 2.80. The highest BCUT2D eigenvalue weighted by Crippen LogP contribution is 2.27. The Kier molecular flexibility index (Phi) is 5.48. The summed E-state index contributed by atoms with van der Waals surface area (Å²) >= 11 is 6.10. The van der Waals surface area contributed by atoms with Crippen LogP contribution in [0.4, 0.5) is 5.82 Å². The van der Waals surface area contributed by atoms with Gasteiger partial charge in [-0.15, -0.1) is 0 Å². The molecular formula is C20H17ClN4O3S. The summed E-state index contributed by atoms with van der Waals surface area (Å²) in [6, 6.07) is 17.1. The van der Waals surface area contributed by atoms with E-state index in [1.165, 1.54) is 0 Å². The summed E-state index contributed by atoms with van der Waals surface area (Å²) < 4.78 is 32.6. The molecule has 2 N–H and O–H groups in total. The summed E-state index contributed by atoms with van der Waals surface area (Å²) in [5, 5.41) is 4.50. The lowest BCUT2D eigenvalue weighted by Gasteiger charge is -2.11. The highest BCUT2D eigenvalue weighted by atomic mass is 35.5. The van der Waals surface area contributed by atoms with Crippen molar-refractivity contribution in [3.63, 3.8) is 0 Å². The number of fused-ring (bicyclic) bond motifs is 1. The number of aromatic nitrogens is 2. The second-order valence-corrected chi connectivity index (χ2v) is 8.38. The number of halogens is 1. The molecule has 2 aromatic heterocycles. The zero-order chi connectivity index (χ0) is 20.3. The molecule has 0 amide bonds. The molecule has 0 aliphatic carbocycles. The topological polar surface area (TPSA) is 97.1 Å². The third-order valence-corrected chi connectivity index (χ3v) is 5.88. The van der Waals surface area contributed by atoms with Gasteiger partial charge in [-0.05, 0) is 42.5 Å². The zero-order valence-electron chi connectivity index (χ0n) is 15.2. The van der Waals surface area contributed by atoms with Crippen molar-refractivity contribution in [2.24, 2.45) is 0 Å². The predicted octanol–water partition coefficient (Wildman–Crippen LogP) is 3.93. The Labute approximate surface area is 172 Å². The van der Waals surface area contributed by atoms with E-state index >= 15 is 0 Å². The van der Waals surface area contributed by atoms with Crippen LogP contribution in [0.3, 0.4) is 0 Å². The summed E-state index contributed by atoms with van der Waals surface area (Å²) in [6.07, 6.45) is 1.55. The Hall–Kier alpha value is -2.94. The smallest absolute Gasteiger partial charge is 0.240 e. The van der Waals surface area contributed by atoms with Crippen LogP contribution < -0.4 is 10.0 Å². The third kappa shape index (κ3) is 4.40. The normalized spacial score (nSPS) is 11.6. The standard InChI is InChI=1S/C20H17ClN4O3S/c21-14-8-9-16-17(13-14)24-20(18-7-4-12-28-18)25-19(16)22-10-11-23-29(26,27)15-5-2-1-3-6-15/h1-9,12-13,23H,10-11H2,(H,22,24,25). The molecule has 0 fully saturated rings. The minimum absolute atomic E-state index is 0.187. The SMILES string of the molecule is O=S(=O)(NCCNc1nc(-c2ccco2)nc2cc(Cl)ccc12)c1ccccc1. The van der Waals surface area contributed by atoms with E-state index in [9.17, 15) is 8.42 Å². The van der Waals surface area contributed by atoms with Crippen molar-refractivity contribution in [3.05, 3.63) is 71.9 Å². The first-order valence-electron chi connectivity index (χ1n) is 8.83. The van der Waals surface area contributed by atoms with E-state index < -0.39 is 10.0 Å². The molecule has 0 aliphatic heterocycles. The molecule has 2 heterocycles. The lowest BCUT2D eigenvalue weighted by molar-refractivity contribution is 0.577. The summed E-state index contributed by atoms with van der Waals surface area (Å²) in [5.74, 6) is 1.51. The molecule has 0 bridgehead atoms. The van der Waals surface area contributed by atoms with Gasteiger partial charge in [-0.1, -0.05) is 29.8 Å². The number of furan rings is 1. The van der Waals surface area contributed by atoms with Crippen molar-refractivity contribution in [2.75, 3.05) is 18.4 Å². The van der Waals surface area contributed by atoms with Crippen molar-refractivity contribution in [2.45, 2.75) is 4.90 Å². The lowest BCUT2D eigenvalue weighted by atomic mass is 10.2. The van der Waals surface area contributed by atoms with E-state index in [1.807, 2.05) is 6.07 Å². The Morgan fingerprint density at radius 3 is 2.55 bits per heavy atom. The van der Waals surface area contributed by atoms with Crippen LogP contribution in [0, 0.1) is 0 Å². The van der Waals surface area contributed by atoms with Crippen LogP contribution in [0.1, 0.15) is 0 Å². The zero-order valence-corrected chi connectivity index (χ0v) is 16.7. The van der Waals surface area contributed by atoms with Crippen LogP contribution in [0.15, 0.2) is 76.2 Å². The average molecular weight is 429 g/mol. The van der Waals surface area contributed by atoms with Crippen LogP contribution in [0.25, 0.3) is 22.5 Å². The van der Waals surface area contributed by atoms with Crippen molar-refractivity contribution in [1.82, 2.24) is 14.7 Å². The molecule has 0 saturated carbocycles.